The highest BCUT2D eigenvalue weighted by Crippen LogP contribution is 2.24. The van der Waals surface area contributed by atoms with Crippen molar-refractivity contribution in [2.24, 2.45) is 0 Å². The number of pyridine rings is 1. The van der Waals surface area contributed by atoms with Crippen molar-refractivity contribution >= 4 is 23.0 Å². The van der Waals surface area contributed by atoms with E-state index in [9.17, 15) is 14.0 Å². The number of amides is 2. The molecule has 9 heteroatoms. The third kappa shape index (κ3) is 4.35. The fraction of sp³-hybridized carbons (Fsp3) is 0.364. The molecule has 0 saturated carbocycles. The number of halogens is 1. The molecule has 1 unspecified atom stereocenters. The number of fused-ring (bicyclic) bond motifs is 3. The molecule has 0 fully saturated rings. The number of para-hydroxylation sites is 1. The van der Waals surface area contributed by atoms with Crippen LogP contribution in [0.25, 0.3) is 11.2 Å². The number of rotatable bonds is 4. The number of carbonyl (C=O) groups is 2. The molecule has 8 nitrogen and oxygen atoms in total. The van der Waals surface area contributed by atoms with Gasteiger partial charge in [-0.15, -0.1) is 0 Å². The molecule has 2 aromatic heterocycles. The molecule has 162 valence electrons. The maximum Gasteiger partial charge on any atom is 0.279 e. The summed E-state index contributed by atoms with van der Waals surface area (Å²) in [5, 5.41) is 0. The second-order valence-corrected chi connectivity index (χ2v) is 7.61. The topological polar surface area (TPSA) is 98.1 Å². The van der Waals surface area contributed by atoms with Gasteiger partial charge in [-0.3, -0.25) is 20.4 Å². The Hall–Kier alpha value is -3.49. The van der Waals surface area contributed by atoms with Gasteiger partial charge in [0.25, 0.3) is 11.8 Å². The number of aryl methyl sites for hydroxylation is 3. The fourth-order valence-corrected chi connectivity index (χ4v) is 3.66. The van der Waals surface area contributed by atoms with E-state index in [2.05, 4.69) is 25.4 Å². The van der Waals surface area contributed by atoms with Crippen LogP contribution in [0.5, 0.6) is 5.75 Å². The van der Waals surface area contributed by atoms with E-state index in [0.717, 1.165) is 38.1 Å². The molecule has 1 aliphatic heterocycles. The summed E-state index contributed by atoms with van der Waals surface area (Å²) in [5.74, 6) is -0.798. The number of hydrogen-bond acceptors (Lipinski definition) is 5. The Morgan fingerprint density at radius 3 is 2.77 bits per heavy atom. The Kier molecular flexibility index (Phi) is 5.83. The van der Waals surface area contributed by atoms with Crippen LogP contribution < -0.4 is 15.6 Å². The lowest BCUT2D eigenvalue weighted by molar-refractivity contribution is -0.128. The van der Waals surface area contributed by atoms with Crippen molar-refractivity contribution in [2.45, 2.75) is 52.2 Å². The molecule has 1 aromatic carbocycles. The first kappa shape index (κ1) is 20.8. The van der Waals surface area contributed by atoms with Crippen molar-refractivity contribution in [1.29, 1.82) is 0 Å². The van der Waals surface area contributed by atoms with E-state index in [4.69, 9.17) is 4.74 Å². The zero-order chi connectivity index (χ0) is 22.0. The van der Waals surface area contributed by atoms with Gasteiger partial charge in [0.15, 0.2) is 23.3 Å². The summed E-state index contributed by atoms with van der Waals surface area (Å²) >= 11 is 0. The van der Waals surface area contributed by atoms with E-state index < -0.39 is 23.7 Å². The summed E-state index contributed by atoms with van der Waals surface area (Å²) in [6, 6.07) is 7.45. The molecule has 0 saturated heterocycles. The summed E-state index contributed by atoms with van der Waals surface area (Å²) in [4.78, 5) is 34.4. The van der Waals surface area contributed by atoms with Crippen LogP contribution in [0.15, 0.2) is 30.3 Å². The van der Waals surface area contributed by atoms with E-state index in [1.165, 1.54) is 25.1 Å². The largest absolute Gasteiger partial charge is 0.478 e. The van der Waals surface area contributed by atoms with E-state index in [-0.39, 0.29) is 5.75 Å². The van der Waals surface area contributed by atoms with Crippen molar-refractivity contribution in [2.75, 3.05) is 0 Å². The van der Waals surface area contributed by atoms with E-state index >= 15 is 0 Å². The summed E-state index contributed by atoms with van der Waals surface area (Å²) in [6.07, 6.45) is 3.08. The van der Waals surface area contributed by atoms with Gasteiger partial charge in [-0.25, -0.2) is 14.4 Å². The van der Waals surface area contributed by atoms with Crippen LogP contribution in [-0.2, 0) is 17.8 Å². The lowest BCUT2D eigenvalue weighted by Crippen LogP contribution is -2.47. The molecule has 1 atom stereocenters. The molecule has 1 aliphatic rings. The zero-order valence-corrected chi connectivity index (χ0v) is 17.4. The second kappa shape index (κ2) is 8.71. The van der Waals surface area contributed by atoms with Crippen LogP contribution in [0.3, 0.4) is 0 Å². The van der Waals surface area contributed by atoms with Crippen molar-refractivity contribution in [3.8, 4) is 5.75 Å². The van der Waals surface area contributed by atoms with Crippen molar-refractivity contribution in [3.05, 3.63) is 53.2 Å². The molecule has 2 amide bonds. The normalized spacial score (nSPS) is 14.4. The zero-order valence-electron chi connectivity index (χ0n) is 17.4. The lowest BCUT2D eigenvalue weighted by Gasteiger charge is -2.15. The van der Waals surface area contributed by atoms with Gasteiger partial charge in [0.1, 0.15) is 11.3 Å². The average molecular weight is 425 g/mol. The van der Waals surface area contributed by atoms with Crippen molar-refractivity contribution in [3.63, 3.8) is 0 Å². The number of aromatic nitrogens is 3. The molecule has 3 aromatic rings. The minimum atomic E-state index is -1.01. The maximum absolute atomic E-state index is 13.7. The number of hydrazine groups is 1. The first-order valence-corrected chi connectivity index (χ1v) is 10.3. The van der Waals surface area contributed by atoms with E-state index in [1.807, 2.05) is 6.92 Å². The highest BCUT2D eigenvalue weighted by atomic mass is 19.1. The van der Waals surface area contributed by atoms with Crippen LogP contribution in [-0.4, -0.2) is 32.5 Å². The predicted octanol–water partition coefficient (Wildman–Crippen LogP) is 2.83. The number of benzene rings is 1. The van der Waals surface area contributed by atoms with Gasteiger partial charge in [-0.2, -0.15) is 0 Å². The summed E-state index contributed by atoms with van der Waals surface area (Å²) in [5.41, 5.74) is 6.97. The maximum atomic E-state index is 13.7. The van der Waals surface area contributed by atoms with Gasteiger partial charge in [-0.1, -0.05) is 18.6 Å². The number of imidazole rings is 1. The summed E-state index contributed by atoms with van der Waals surface area (Å²) < 4.78 is 21.1. The van der Waals surface area contributed by atoms with Crippen LogP contribution in [0.1, 0.15) is 48.1 Å². The van der Waals surface area contributed by atoms with Gasteiger partial charge >= 0.3 is 0 Å². The van der Waals surface area contributed by atoms with E-state index in [1.54, 1.807) is 12.1 Å². The van der Waals surface area contributed by atoms with Crippen LogP contribution in [0, 0.1) is 12.7 Å². The first-order valence-electron chi connectivity index (χ1n) is 10.3. The monoisotopic (exact) mass is 425 g/mol. The highest BCUT2D eigenvalue weighted by Gasteiger charge is 2.22. The SMILES string of the molecule is Cc1cc(C(=O)NNC(=O)C(C)Oc2ccccc2F)c2nc3n(c2n1)CCCCC3. The third-order valence-corrected chi connectivity index (χ3v) is 5.25. The minimum absolute atomic E-state index is 0.0394. The first-order chi connectivity index (χ1) is 14.9. The summed E-state index contributed by atoms with van der Waals surface area (Å²) in [6.45, 7) is 4.11. The van der Waals surface area contributed by atoms with Crippen LogP contribution in [0.4, 0.5) is 4.39 Å². The standard InChI is InChI=1S/C22H24FN5O3/c1-13-12-15(19-20(24-13)28-11-7-3-4-10-18(28)25-19)22(30)27-26-21(29)14(2)31-17-9-6-5-8-16(17)23/h5-6,8-9,12,14H,3-4,7,10-11H2,1-2H3,(H,26,29)(H,27,30). The second-order valence-electron chi connectivity index (χ2n) is 7.61. The number of ether oxygens (including phenoxy) is 1. The Morgan fingerprint density at radius 2 is 1.97 bits per heavy atom. The Labute approximate surface area is 178 Å². The average Bonchev–Trinajstić information content (AvgIpc) is 2.93. The number of nitrogens with one attached hydrogen (secondary N) is 2. The van der Waals surface area contributed by atoms with Crippen molar-refractivity contribution in [1.82, 2.24) is 25.4 Å². The Morgan fingerprint density at radius 1 is 1.16 bits per heavy atom. The molecule has 0 aliphatic carbocycles. The molecule has 0 spiro atoms. The minimum Gasteiger partial charge on any atom is -0.478 e. The lowest BCUT2D eigenvalue weighted by atomic mass is 10.2. The number of nitrogens with zero attached hydrogens (tertiary/aromatic N) is 3. The third-order valence-electron chi connectivity index (χ3n) is 5.25. The number of carbonyl (C=O) groups excluding carboxylic acids is 2. The summed E-state index contributed by atoms with van der Waals surface area (Å²) in [7, 11) is 0. The van der Waals surface area contributed by atoms with Gasteiger partial charge in [-0.05, 0) is 44.9 Å². The molecular weight excluding hydrogens is 401 g/mol. The van der Waals surface area contributed by atoms with Gasteiger partial charge in [0, 0.05) is 18.7 Å². The highest BCUT2D eigenvalue weighted by molar-refractivity contribution is 6.05. The molecule has 3 heterocycles. The van der Waals surface area contributed by atoms with Crippen LogP contribution in [0.2, 0.25) is 0 Å². The van der Waals surface area contributed by atoms with Crippen molar-refractivity contribution < 1.29 is 18.7 Å². The quantitative estimate of drug-likeness (QED) is 0.627. The molecule has 4 rings (SSSR count). The smallest absolute Gasteiger partial charge is 0.279 e. The van der Waals surface area contributed by atoms with Crippen LogP contribution >= 0.6 is 0 Å². The molecule has 0 bridgehead atoms. The van der Waals surface area contributed by atoms with Gasteiger partial charge < -0.3 is 9.30 Å². The predicted molar refractivity (Wildman–Crippen MR) is 112 cm³/mol. The molecular formula is C22H24FN5O3. The van der Waals surface area contributed by atoms with E-state index in [0.29, 0.717) is 22.4 Å². The molecule has 31 heavy (non-hydrogen) atoms. The number of hydrogen-bond donors (Lipinski definition) is 2. The van der Waals surface area contributed by atoms with Gasteiger partial charge in [0.05, 0.1) is 5.56 Å². The molecule has 2 N–H and O–H groups in total. The Bertz CT molecular complexity index is 1140. The fourth-order valence-electron chi connectivity index (χ4n) is 3.66. The van der Waals surface area contributed by atoms with Gasteiger partial charge in [0.2, 0.25) is 0 Å². The Balaban J connectivity index is 1.48. The molecule has 0 radical (unpaired) electrons.